The lowest BCUT2D eigenvalue weighted by atomic mass is 10.1. The minimum absolute atomic E-state index is 0.0405. The van der Waals surface area contributed by atoms with E-state index in [0.717, 1.165) is 26.8 Å². The van der Waals surface area contributed by atoms with Crippen molar-refractivity contribution in [2.45, 2.75) is 33.1 Å². The van der Waals surface area contributed by atoms with Gasteiger partial charge in [0.05, 0.1) is 5.69 Å². The zero-order chi connectivity index (χ0) is 24.9. The molecule has 0 saturated carbocycles. The number of hydrogen-bond donors (Lipinski definition) is 1. The Morgan fingerprint density at radius 2 is 1.63 bits per heavy atom. The standard InChI is InChI=1S/C25H26N6O4/c1-16-4-8-18(9-5-16)14-15-26-20(32)12-13-21-27-23(29-35-21)22-24(33)30(3)25(34)31(28-22)19-10-6-17(2)7-11-19/h4-11H,12-15H2,1-3H3,(H,26,32). The Hall–Kier alpha value is -4.34. The largest absolute Gasteiger partial charge is 0.356 e. The fraction of sp³-hybridized carbons (Fsp3) is 0.280. The van der Waals surface area contributed by atoms with Gasteiger partial charge in [-0.25, -0.2) is 4.79 Å². The van der Waals surface area contributed by atoms with E-state index in [0.29, 0.717) is 12.2 Å². The van der Waals surface area contributed by atoms with Crippen molar-refractivity contribution < 1.29 is 9.32 Å². The van der Waals surface area contributed by atoms with E-state index in [2.05, 4.69) is 20.6 Å². The van der Waals surface area contributed by atoms with Crippen LogP contribution >= 0.6 is 0 Å². The lowest BCUT2D eigenvalue weighted by Crippen LogP contribution is -2.40. The summed E-state index contributed by atoms with van der Waals surface area (Å²) in [6.45, 7) is 4.48. The molecule has 0 saturated heterocycles. The summed E-state index contributed by atoms with van der Waals surface area (Å²) in [6.07, 6.45) is 1.10. The molecule has 2 aromatic carbocycles. The number of nitrogens with one attached hydrogen (secondary N) is 1. The number of benzene rings is 2. The van der Waals surface area contributed by atoms with Gasteiger partial charge in [0, 0.05) is 26.4 Å². The van der Waals surface area contributed by atoms with Crippen LogP contribution in [0.25, 0.3) is 17.2 Å². The van der Waals surface area contributed by atoms with E-state index in [4.69, 9.17) is 4.52 Å². The summed E-state index contributed by atoms with van der Waals surface area (Å²) in [6, 6.07) is 15.3. The monoisotopic (exact) mass is 474 g/mol. The smallest absolute Gasteiger partial charge is 0.351 e. The average molecular weight is 475 g/mol. The number of rotatable bonds is 8. The Kier molecular flexibility index (Phi) is 7.00. The Morgan fingerprint density at radius 1 is 0.971 bits per heavy atom. The van der Waals surface area contributed by atoms with Crippen LogP contribution in [0.3, 0.4) is 0 Å². The molecule has 0 spiro atoms. The third-order valence-corrected chi connectivity index (χ3v) is 5.56. The van der Waals surface area contributed by atoms with Gasteiger partial charge in [0.1, 0.15) is 0 Å². The van der Waals surface area contributed by atoms with Gasteiger partial charge in [0.2, 0.25) is 17.6 Å². The van der Waals surface area contributed by atoms with Crippen molar-refractivity contribution in [3.8, 4) is 17.2 Å². The van der Waals surface area contributed by atoms with Crippen molar-refractivity contribution in [1.82, 2.24) is 29.8 Å². The van der Waals surface area contributed by atoms with Gasteiger partial charge in [-0.3, -0.25) is 14.2 Å². The molecule has 0 aliphatic rings. The molecule has 4 rings (SSSR count). The number of carbonyl (C=O) groups excluding carboxylic acids is 1. The van der Waals surface area contributed by atoms with Gasteiger partial charge in [0.15, 0.2) is 5.69 Å². The molecule has 1 amide bonds. The first-order valence-corrected chi connectivity index (χ1v) is 11.2. The van der Waals surface area contributed by atoms with E-state index in [-0.39, 0.29) is 36.2 Å². The molecule has 0 fully saturated rings. The van der Waals surface area contributed by atoms with Gasteiger partial charge in [-0.2, -0.15) is 14.8 Å². The van der Waals surface area contributed by atoms with E-state index in [1.165, 1.54) is 12.6 Å². The molecule has 0 bridgehead atoms. The number of aryl methyl sites for hydroxylation is 3. The van der Waals surface area contributed by atoms with Crippen LogP contribution in [0.1, 0.15) is 29.0 Å². The van der Waals surface area contributed by atoms with Crippen molar-refractivity contribution in [2.24, 2.45) is 7.05 Å². The van der Waals surface area contributed by atoms with Crippen LogP contribution in [0.2, 0.25) is 0 Å². The maximum atomic E-state index is 12.7. The topological polar surface area (TPSA) is 125 Å². The van der Waals surface area contributed by atoms with Gasteiger partial charge >= 0.3 is 5.69 Å². The lowest BCUT2D eigenvalue weighted by molar-refractivity contribution is -0.121. The minimum atomic E-state index is -0.639. The highest BCUT2D eigenvalue weighted by Gasteiger charge is 2.19. The zero-order valence-electron chi connectivity index (χ0n) is 19.8. The second kappa shape index (κ2) is 10.3. The summed E-state index contributed by atoms with van der Waals surface area (Å²) in [7, 11) is 1.36. The van der Waals surface area contributed by atoms with Gasteiger partial charge in [-0.15, -0.1) is 0 Å². The van der Waals surface area contributed by atoms with Crippen LogP contribution in [-0.4, -0.2) is 36.9 Å². The summed E-state index contributed by atoms with van der Waals surface area (Å²) in [5.41, 5.74) is 2.52. The van der Waals surface area contributed by atoms with Gasteiger partial charge in [-0.1, -0.05) is 52.7 Å². The van der Waals surface area contributed by atoms with Gasteiger partial charge in [-0.05, 0) is 38.0 Å². The van der Waals surface area contributed by atoms with E-state index >= 15 is 0 Å². The lowest BCUT2D eigenvalue weighted by Gasteiger charge is -2.08. The summed E-state index contributed by atoms with van der Waals surface area (Å²) in [5, 5.41) is 10.9. The predicted molar refractivity (Wildman–Crippen MR) is 129 cm³/mol. The Labute approximate surface area is 201 Å². The van der Waals surface area contributed by atoms with Crippen molar-refractivity contribution in [2.75, 3.05) is 6.54 Å². The number of carbonyl (C=O) groups is 1. The Balaban J connectivity index is 1.42. The van der Waals surface area contributed by atoms with Crippen molar-refractivity contribution in [3.05, 3.63) is 92.0 Å². The minimum Gasteiger partial charge on any atom is -0.356 e. The molecule has 10 nitrogen and oxygen atoms in total. The average Bonchev–Trinajstić information content (AvgIpc) is 3.32. The first-order chi connectivity index (χ1) is 16.8. The molecule has 4 aromatic rings. The molecule has 35 heavy (non-hydrogen) atoms. The van der Waals surface area contributed by atoms with Crippen molar-refractivity contribution >= 4 is 5.91 Å². The van der Waals surface area contributed by atoms with Crippen LogP contribution in [0, 0.1) is 13.8 Å². The first-order valence-electron chi connectivity index (χ1n) is 11.2. The van der Waals surface area contributed by atoms with Crippen molar-refractivity contribution in [1.29, 1.82) is 0 Å². The number of amides is 1. The second-order valence-electron chi connectivity index (χ2n) is 8.34. The van der Waals surface area contributed by atoms with Crippen LogP contribution < -0.4 is 16.6 Å². The number of aromatic nitrogens is 5. The first kappa shape index (κ1) is 23.8. The highest BCUT2D eigenvalue weighted by Crippen LogP contribution is 2.11. The van der Waals surface area contributed by atoms with Crippen LogP contribution in [0.4, 0.5) is 0 Å². The summed E-state index contributed by atoms with van der Waals surface area (Å²) in [5.74, 6) is 0.0192. The zero-order valence-corrected chi connectivity index (χ0v) is 19.8. The fourth-order valence-corrected chi connectivity index (χ4v) is 3.43. The Morgan fingerprint density at radius 3 is 2.31 bits per heavy atom. The number of nitrogens with zero attached hydrogens (tertiary/aromatic N) is 5. The highest BCUT2D eigenvalue weighted by molar-refractivity contribution is 5.76. The second-order valence-corrected chi connectivity index (χ2v) is 8.34. The van der Waals surface area contributed by atoms with E-state index in [9.17, 15) is 14.4 Å². The van der Waals surface area contributed by atoms with E-state index < -0.39 is 11.2 Å². The highest BCUT2D eigenvalue weighted by atomic mass is 16.5. The Bertz CT molecular complexity index is 1450. The van der Waals surface area contributed by atoms with Gasteiger partial charge < -0.3 is 9.84 Å². The molecule has 2 aromatic heterocycles. The van der Waals surface area contributed by atoms with E-state index in [1.54, 1.807) is 12.1 Å². The van der Waals surface area contributed by atoms with Crippen LogP contribution in [0.15, 0.2) is 62.6 Å². The summed E-state index contributed by atoms with van der Waals surface area (Å²) >= 11 is 0. The molecular weight excluding hydrogens is 448 g/mol. The summed E-state index contributed by atoms with van der Waals surface area (Å²) < 4.78 is 7.29. The SMILES string of the molecule is Cc1ccc(CCNC(=O)CCc2nc(-c3nn(-c4ccc(C)cc4)c(=O)n(C)c3=O)no2)cc1. The number of hydrogen-bond acceptors (Lipinski definition) is 7. The van der Waals surface area contributed by atoms with Gasteiger partial charge in [0.25, 0.3) is 5.56 Å². The van der Waals surface area contributed by atoms with Crippen LogP contribution in [-0.2, 0) is 24.7 Å². The molecule has 180 valence electrons. The maximum Gasteiger partial charge on any atom is 0.351 e. The quantitative estimate of drug-likeness (QED) is 0.413. The molecule has 2 heterocycles. The molecular formula is C25H26N6O4. The third-order valence-electron chi connectivity index (χ3n) is 5.56. The molecule has 0 aliphatic carbocycles. The molecule has 0 aliphatic heterocycles. The molecule has 0 unspecified atom stereocenters. The molecule has 0 radical (unpaired) electrons. The fourth-order valence-electron chi connectivity index (χ4n) is 3.43. The normalized spacial score (nSPS) is 10.9. The molecule has 10 heteroatoms. The molecule has 1 N–H and O–H groups in total. The van der Waals surface area contributed by atoms with E-state index in [1.807, 2.05) is 50.2 Å². The predicted octanol–water partition coefficient (Wildman–Crippen LogP) is 1.89. The molecule has 0 atom stereocenters. The van der Waals surface area contributed by atoms with Crippen LogP contribution in [0.5, 0.6) is 0 Å². The van der Waals surface area contributed by atoms with Crippen molar-refractivity contribution in [3.63, 3.8) is 0 Å². The third kappa shape index (κ3) is 5.60. The summed E-state index contributed by atoms with van der Waals surface area (Å²) in [4.78, 5) is 41.7. The maximum absolute atomic E-state index is 12.7.